The molecule has 2 aromatic carbocycles. The fraction of sp³-hybridized carbons (Fsp3) is 0.278. The fourth-order valence-corrected chi connectivity index (χ4v) is 2.57. The summed E-state index contributed by atoms with van der Waals surface area (Å²) in [5.41, 5.74) is 0.963. The van der Waals surface area contributed by atoms with E-state index < -0.39 is 6.10 Å². The predicted molar refractivity (Wildman–Crippen MR) is 87.2 cm³/mol. The molecule has 1 amide bonds. The third-order valence-corrected chi connectivity index (χ3v) is 3.77. The van der Waals surface area contributed by atoms with Crippen molar-refractivity contribution in [3.8, 4) is 11.5 Å². The van der Waals surface area contributed by atoms with Gasteiger partial charge in [0.05, 0.1) is 12.1 Å². The lowest BCUT2D eigenvalue weighted by molar-refractivity contribution is -0.123. The normalized spacial score (nSPS) is 20.2. The standard InChI is InChI=1S/C18H20N2O3/c21-14-10-17(19-12-14)18(22)20-11-13-5-4-8-16(9-13)23-15-6-2-1-3-7-15/h1-9,14,17,19,21H,10-12H2,(H,20,22)/t14-,17-/m0/s1. The molecule has 3 N–H and O–H groups in total. The lowest BCUT2D eigenvalue weighted by atomic mass is 10.1. The first-order valence-corrected chi connectivity index (χ1v) is 7.72. The number of carbonyl (C=O) groups excluding carboxylic acids is 1. The molecule has 0 aliphatic carbocycles. The molecule has 0 bridgehead atoms. The number of carbonyl (C=O) groups is 1. The zero-order valence-corrected chi connectivity index (χ0v) is 12.7. The summed E-state index contributed by atoms with van der Waals surface area (Å²) < 4.78 is 5.78. The molecule has 5 nitrogen and oxygen atoms in total. The number of hydrogen-bond donors (Lipinski definition) is 3. The van der Waals surface area contributed by atoms with Gasteiger partial charge in [0, 0.05) is 13.1 Å². The summed E-state index contributed by atoms with van der Waals surface area (Å²) in [5, 5.41) is 15.3. The van der Waals surface area contributed by atoms with Crippen LogP contribution in [-0.2, 0) is 11.3 Å². The van der Waals surface area contributed by atoms with Gasteiger partial charge >= 0.3 is 0 Å². The van der Waals surface area contributed by atoms with E-state index in [4.69, 9.17) is 4.74 Å². The molecule has 0 saturated carbocycles. The summed E-state index contributed by atoms with van der Waals surface area (Å²) in [6.07, 6.45) is 0.0246. The molecule has 1 heterocycles. The van der Waals surface area contributed by atoms with Crippen LogP contribution in [0, 0.1) is 0 Å². The van der Waals surface area contributed by atoms with Gasteiger partial charge in [-0.25, -0.2) is 0 Å². The van der Waals surface area contributed by atoms with E-state index in [1.54, 1.807) is 0 Å². The zero-order chi connectivity index (χ0) is 16.1. The molecule has 1 saturated heterocycles. The van der Waals surface area contributed by atoms with Crippen molar-refractivity contribution in [3.63, 3.8) is 0 Å². The van der Waals surface area contributed by atoms with E-state index in [9.17, 15) is 9.90 Å². The second kappa shape index (κ2) is 7.26. The Labute approximate surface area is 135 Å². The van der Waals surface area contributed by atoms with Gasteiger partial charge in [0.25, 0.3) is 0 Å². The molecule has 2 atom stereocenters. The van der Waals surface area contributed by atoms with E-state index in [1.165, 1.54) is 0 Å². The summed E-state index contributed by atoms with van der Waals surface area (Å²) in [4.78, 5) is 12.0. The lowest BCUT2D eigenvalue weighted by Gasteiger charge is -2.12. The Morgan fingerprint density at radius 1 is 1.17 bits per heavy atom. The van der Waals surface area contributed by atoms with Crippen molar-refractivity contribution in [1.82, 2.24) is 10.6 Å². The quantitative estimate of drug-likeness (QED) is 0.787. The van der Waals surface area contributed by atoms with Crippen molar-refractivity contribution < 1.29 is 14.6 Å². The average Bonchev–Trinajstić information content (AvgIpc) is 3.01. The van der Waals surface area contributed by atoms with Crippen LogP contribution >= 0.6 is 0 Å². The van der Waals surface area contributed by atoms with Crippen LogP contribution in [0.15, 0.2) is 54.6 Å². The third-order valence-electron chi connectivity index (χ3n) is 3.77. The van der Waals surface area contributed by atoms with E-state index in [0.717, 1.165) is 17.1 Å². The second-order valence-electron chi connectivity index (χ2n) is 5.63. The van der Waals surface area contributed by atoms with Crippen molar-refractivity contribution in [2.45, 2.75) is 25.1 Å². The van der Waals surface area contributed by atoms with Crippen molar-refractivity contribution in [2.75, 3.05) is 6.54 Å². The maximum absolute atomic E-state index is 12.0. The number of ether oxygens (including phenoxy) is 1. The highest BCUT2D eigenvalue weighted by Gasteiger charge is 2.27. The fourth-order valence-electron chi connectivity index (χ4n) is 2.57. The number of hydrogen-bond acceptors (Lipinski definition) is 4. The average molecular weight is 312 g/mol. The van der Waals surface area contributed by atoms with Crippen LogP contribution in [0.1, 0.15) is 12.0 Å². The molecule has 0 radical (unpaired) electrons. The molecule has 120 valence electrons. The molecule has 1 fully saturated rings. The van der Waals surface area contributed by atoms with Crippen LogP contribution in [0.25, 0.3) is 0 Å². The van der Waals surface area contributed by atoms with Gasteiger partial charge in [0.2, 0.25) is 5.91 Å². The molecular weight excluding hydrogens is 292 g/mol. The Morgan fingerprint density at radius 2 is 1.96 bits per heavy atom. The van der Waals surface area contributed by atoms with Gasteiger partial charge < -0.3 is 20.5 Å². The minimum absolute atomic E-state index is 0.0871. The highest BCUT2D eigenvalue weighted by Crippen LogP contribution is 2.21. The van der Waals surface area contributed by atoms with Crippen molar-refractivity contribution >= 4 is 5.91 Å². The van der Waals surface area contributed by atoms with E-state index >= 15 is 0 Å². The van der Waals surface area contributed by atoms with Crippen LogP contribution in [0.5, 0.6) is 11.5 Å². The molecule has 1 aliphatic heterocycles. The predicted octanol–water partition coefficient (Wildman–Crippen LogP) is 1.82. The van der Waals surface area contributed by atoms with Crippen LogP contribution < -0.4 is 15.4 Å². The van der Waals surface area contributed by atoms with Gasteiger partial charge in [-0.3, -0.25) is 4.79 Å². The number of amides is 1. The Morgan fingerprint density at radius 3 is 2.70 bits per heavy atom. The Balaban J connectivity index is 1.56. The SMILES string of the molecule is O=C(NCc1cccc(Oc2ccccc2)c1)[C@@H]1C[C@H](O)CN1. The van der Waals surface area contributed by atoms with Crippen LogP contribution in [0.4, 0.5) is 0 Å². The summed E-state index contributed by atoms with van der Waals surface area (Å²) >= 11 is 0. The van der Waals surface area contributed by atoms with Gasteiger partial charge in [0.15, 0.2) is 0 Å². The van der Waals surface area contributed by atoms with E-state index in [2.05, 4.69) is 10.6 Å². The smallest absolute Gasteiger partial charge is 0.237 e. The van der Waals surface area contributed by atoms with Crippen LogP contribution in [0.2, 0.25) is 0 Å². The monoisotopic (exact) mass is 312 g/mol. The third kappa shape index (κ3) is 4.31. The molecule has 23 heavy (non-hydrogen) atoms. The summed E-state index contributed by atoms with van der Waals surface area (Å²) in [6, 6.07) is 16.9. The summed E-state index contributed by atoms with van der Waals surface area (Å²) in [6.45, 7) is 0.900. The maximum Gasteiger partial charge on any atom is 0.237 e. The van der Waals surface area contributed by atoms with Gasteiger partial charge in [-0.2, -0.15) is 0 Å². The molecule has 0 aromatic heterocycles. The number of para-hydroxylation sites is 1. The number of benzene rings is 2. The van der Waals surface area contributed by atoms with Crippen molar-refractivity contribution in [2.24, 2.45) is 0 Å². The van der Waals surface area contributed by atoms with Gasteiger partial charge in [-0.15, -0.1) is 0 Å². The van der Waals surface area contributed by atoms with E-state index in [1.807, 2.05) is 54.6 Å². The van der Waals surface area contributed by atoms with E-state index in [0.29, 0.717) is 19.5 Å². The maximum atomic E-state index is 12.0. The molecule has 0 spiro atoms. The highest BCUT2D eigenvalue weighted by atomic mass is 16.5. The number of β-amino-alcohol motifs (C(OH)–C–C–N with tert-alkyl or cyclic N) is 1. The number of aliphatic hydroxyl groups is 1. The topological polar surface area (TPSA) is 70.6 Å². The molecule has 3 rings (SSSR count). The summed E-state index contributed by atoms with van der Waals surface area (Å²) in [5.74, 6) is 1.42. The minimum Gasteiger partial charge on any atom is -0.457 e. The summed E-state index contributed by atoms with van der Waals surface area (Å²) in [7, 11) is 0. The molecule has 0 unspecified atom stereocenters. The first-order chi connectivity index (χ1) is 11.2. The Kier molecular flexibility index (Phi) is 4.90. The number of aliphatic hydroxyl groups excluding tert-OH is 1. The first kappa shape index (κ1) is 15.5. The largest absolute Gasteiger partial charge is 0.457 e. The Hall–Kier alpha value is -2.37. The number of rotatable bonds is 5. The van der Waals surface area contributed by atoms with Gasteiger partial charge in [0.1, 0.15) is 11.5 Å². The minimum atomic E-state index is -0.437. The zero-order valence-electron chi connectivity index (χ0n) is 12.7. The van der Waals surface area contributed by atoms with Crippen LogP contribution in [-0.4, -0.2) is 29.7 Å². The molecule has 1 aliphatic rings. The highest BCUT2D eigenvalue weighted by molar-refractivity contribution is 5.82. The molecule has 5 heteroatoms. The second-order valence-corrected chi connectivity index (χ2v) is 5.63. The Bertz CT molecular complexity index is 660. The first-order valence-electron chi connectivity index (χ1n) is 7.72. The van der Waals surface area contributed by atoms with Gasteiger partial charge in [-0.05, 0) is 36.2 Å². The van der Waals surface area contributed by atoms with E-state index in [-0.39, 0.29) is 11.9 Å². The molecular formula is C18H20N2O3. The van der Waals surface area contributed by atoms with Crippen LogP contribution in [0.3, 0.4) is 0 Å². The van der Waals surface area contributed by atoms with Crippen molar-refractivity contribution in [3.05, 3.63) is 60.2 Å². The molecule has 2 aromatic rings. The lowest BCUT2D eigenvalue weighted by Crippen LogP contribution is -2.39. The van der Waals surface area contributed by atoms with Gasteiger partial charge in [-0.1, -0.05) is 30.3 Å². The number of nitrogens with one attached hydrogen (secondary N) is 2. The van der Waals surface area contributed by atoms with Crippen molar-refractivity contribution in [1.29, 1.82) is 0 Å².